The van der Waals surface area contributed by atoms with Crippen LogP contribution < -0.4 is 14.8 Å². The highest BCUT2D eigenvalue weighted by molar-refractivity contribution is 7.99. The summed E-state index contributed by atoms with van der Waals surface area (Å²) in [7, 11) is 5.06. The van der Waals surface area contributed by atoms with Gasteiger partial charge in [0.2, 0.25) is 5.91 Å². The number of amides is 1. The first kappa shape index (κ1) is 19.8. The predicted molar refractivity (Wildman–Crippen MR) is 115 cm³/mol. The van der Waals surface area contributed by atoms with E-state index in [9.17, 15) is 4.79 Å². The molecule has 0 radical (unpaired) electrons. The van der Waals surface area contributed by atoms with Crippen molar-refractivity contribution in [2.24, 2.45) is 7.05 Å². The number of ether oxygens (including phenoxy) is 2. The van der Waals surface area contributed by atoms with Crippen LogP contribution in [0.5, 0.6) is 11.5 Å². The molecule has 9 heteroatoms. The maximum atomic E-state index is 12.3. The Morgan fingerprint density at radius 2 is 1.83 bits per heavy atom. The topological polar surface area (TPSA) is 91.4 Å². The summed E-state index contributed by atoms with van der Waals surface area (Å²) in [4.78, 5) is 12.3. The number of aryl methyl sites for hydroxylation is 1. The third kappa shape index (κ3) is 4.11. The fourth-order valence-electron chi connectivity index (χ4n) is 3.07. The van der Waals surface area contributed by atoms with Gasteiger partial charge in [-0.15, -0.1) is 10.2 Å². The lowest BCUT2D eigenvalue weighted by Crippen LogP contribution is -2.14. The minimum absolute atomic E-state index is 0.121. The van der Waals surface area contributed by atoms with Crippen LogP contribution in [0, 0.1) is 0 Å². The molecule has 0 bridgehead atoms. The van der Waals surface area contributed by atoms with E-state index in [0.717, 1.165) is 16.6 Å². The number of carbonyl (C=O) groups is 1. The molecule has 2 aromatic heterocycles. The van der Waals surface area contributed by atoms with Gasteiger partial charge in [-0.3, -0.25) is 4.79 Å². The van der Waals surface area contributed by atoms with Gasteiger partial charge >= 0.3 is 0 Å². The lowest BCUT2D eigenvalue weighted by Gasteiger charge is -2.09. The van der Waals surface area contributed by atoms with Gasteiger partial charge < -0.3 is 23.8 Å². The van der Waals surface area contributed by atoms with Crippen LogP contribution in [0.1, 0.15) is 0 Å². The van der Waals surface area contributed by atoms with E-state index < -0.39 is 0 Å². The van der Waals surface area contributed by atoms with Crippen LogP contribution in [0.25, 0.3) is 22.5 Å². The minimum atomic E-state index is -0.209. The van der Waals surface area contributed by atoms with Gasteiger partial charge in [0, 0.05) is 41.8 Å². The van der Waals surface area contributed by atoms with Gasteiger partial charge in [0.1, 0.15) is 17.2 Å². The molecule has 154 valence electrons. The van der Waals surface area contributed by atoms with E-state index in [1.807, 2.05) is 41.9 Å². The molecule has 0 atom stereocenters. The van der Waals surface area contributed by atoms with E-state index in [2.05, 4.69) is 15.5 Å². The Labute approximate surface area is 177 Å². The van der Waals surface area contributed by atoms with Crippen LogP contribution >= 0.6 is 11.8 Å². The molecule has 0 aliphatic rings. The number of aromatic nitrogens is 3. The Balaban J connectivity index is 1.42. The lowest BCUT2D eigenvalue weighted by atomic mass is 10.2. The molecule has 0 aliphatic carbocycles. The third-order valence-corrected chi connectivity index (χ3v) is 5.36. The Hall–Kier alpha value is -3.46. The largest absolute Gasteiger partial charge is 0.497 e. The Morgan fingerprint density at radius 1 is 1.10 bits per heavy atom. The van der Waals surface area contributed by atoms with Crippen molar-refractivity contribution in [1.82, 2.24) is 14.8 Å². The van der Waals surface area contributed by atoms with E-state index in [1.54, 1.807) is 32.4 Å². The molecule has 4 aromatic rings. The molecule has 0 aliphatic heterocycles. The number of hydrogen-bond donors (Lipinski definition) is 1. The summed E-state index contributed by atoms with van der Waals surface area (Å²) < 4.78 is 18.2. The number of hydrogen-bond acceptors (Lipinski definition) is 7. The molecule has 30 heavy (non-hydrogen) atoms. The molecular weight excluding hydrogens is 404 g/mol. The minimum Gasteiger partial charge on any atom is -0.497 e. The zero-order valence-corrected chi connectivity index (χ0v) is 17.5. The van der Waals surface area contributed by atoms with Crippen molar-refractivity contribution in [3.63, 3.8) is 0 Å². The average molecular weight is 424 g/mol. The molecule has 1 amide bonds. The lowest BCUT2D eigenvalue weighted by molar-refractivity contribution is -0.113. The zero-order valence-electron chi connectivity index (χ0n) is 16.7. The molecule has 0 unspecified atom stereocenters. The summed E-state index contributed by atoms with van der Waals surface area (Å²) >= 11 is 1.17. The van der Waals surface area contributed by atoms with Crippen LogP contribution in [0.15, 0.2) is 58.2 Å². The van der Waals surface area contributed by atoms with Crippen molar-refractivity contribution in [2.45, 2.75) is 5.22 Å². The SMILES string of the molecule is COc1cc(NC(=O)CSc2nnc(-c3cc4ccccc4n3C)o2)cc(OC)c1. The number of nitrogens with one attached hydrogen (secondary N) is 1. The molecule has 0 saturated heterocycles. The van der Waals surface area contributed by atoms with E-state index in [4.69, 9.17) is 13.9 Å². The van der Waals surface area contributed by atoms with E-state index in [0.29, 0.717) is 28.3 Å². The summed E-state index contributed by atoms with van der Waals surface area (Å²) in [5.41, 5.74) is 2.48. The quantitative estimate of drug-likeness (QED) is 0.449. The zero-order chi connectivity index (χ0) is 21.1. The number of anilines is 1. The molecule has 1 N–H and O–H groups in total. The number of carbonyl (C=O) groups excluding carboxylic acids is 1. The Morgan fingerprint density at radius 3 is 2.53 bits per heavy atom. The number of benzene rings is 2. The summed E-state index contributed by atoms with van der Waals surface area (Å²) in [6.45, 7) is 0. The van der Waals surface area contributed by atoms with Crippen LogP contribution in [0.2, 0.25) is 0 Å². The Bertz CT molecular complexity index is 1180. The average Bonchev–Trinajstić information content (AvgIpc) is 3.36. The second-order valence-corrected chi connectivity index (χ2v) is 7.39. The van der Waals surface area contributed by atoms with Crippen molar-refractivity contribution < 1.29 is 18.7 Å². The van der Waals surface area contributed by atoms with Crippen LogP contribution in [0.3, 0.4) is 0 Å². The van der Waals surface area contributed by atoms with E-state index >= 15 is 0 Å². The van der Waals surface area contributed by atoms with Crippen LogP contribution in [0.4, 0.5) is 5.69 Å². The van der Waals surface area contributed by atoms with Crippen molar-refractivity contribution in [2.75, 3.05) is 25.3 Å². The first-order chi connectivity index (χ1) is 14.6. The number of para-hydroxylation sites is 1. The summed E-state index contributed by atoms with van der Waals surface area (Å²) in [6, 6.07) is 15.2. The van der Waals surface area contributed by atoms with Gasteiger partial charge in [0.15, 0.2) is 0 Å². The summed E-state index contributed by atoms with van der Waals surface area (Å²) in [5.74, 6) is 1.51. The van der Waals surface area contributed by atoms with E-state index in [-0.39, 0.29) is 11.7 Å². The number of nitrogens with zero attached hydrogens (tertiary/aromatic N) is 3. The molecule has 0 spiro atoms. The number of rotatable bonds is 7. The maximum absolute atomic E-state index is 12.3. The summed E-state index contributed by atoms with van der Waals surface area (Å²) in [6.07, 6.45) is 0. The normalized spacial score (nSPS) is 10.9. The molecular formula is C21H20N4O4S. The van der Waals surface area contributed by atoms with Crippen molar-refractivity contribution in [3.8, 4) is 23.1 Å². The number of thioether (sulfide) groups is 1. The van der Waals surface area contributed by atoms with Crippen molar-refractivity contribution in [1.29, 1.82) is 0 Å². The highest BCUT2D eigenvalue weighted by atomic mass is 32.2. The Kier molecular flexibility index (Phi) is 5.62. The standard InChI is InChI=1S/C21H20N4O4S/c1-25-17-7-5-4-6-13(17)8-18(25)20-23-24-21(29-20)30-12-19(26)22-14-9-15(27-2)11-16(10-14)28-3/h4-11H,12H2,1-3H3,(H,22,26). The van der Waals surface area contributed by atoms with Gasteiger partial charge in [-0.25, -0.2) is 0 Å². The maximum Gasteiger partial charge on any atom is 0.277 e. The van der Waals surface area contributed by atoms with Crippen LogP contribution in [-0.4, -0.2) is 40.6 Å². The van der Waals surface area contributed by atoms with Crippen LogP contribution in [-0.2, 0) is 11.8 Å². The van der Waals surface area contributed by atoms with Gasteiger partial charge in [0.05, 0.1) is 20.0 Å². The molecule has 4 rings (SSSR count). The fraction of sp³-hybridized carbons (Fsp3) is 0.190. The van der Waals surface area contributed by atoms with Gasteiger partial charge in [-0.2, -0.15) is 0 Å². The molecule has 0 fully saturated rings. The fourth-order valence-corrected chi connectivity index (χ4v) is 3.63. The number of fused-ring (bicyclic) bond motifs is 1. The smallest absolute Gasteiger partial charge is 0.277 e. The molecule has 2 heterocycles. The van der Waals surface area contributed by atoms with Crippen molar-refractivity contribution in [3.05, 3.63) is 48.5 Å². The highest BCUT2D eigenvalue weighted by Gasteiger charge is 2.16. The monoisotopic (exact) mass is 424 g/mol. The van der Waals surface area contributed by atoms with Gasteiger partial charge in [-0.1, -0.05) is 30.0 Å². The van der Waals surface area contributed by atoms with Gasteiger partial charge in [0.25, 0.3) is 11.1 Å². The number of methoxy groups -OCH3 is 2. The van der Waals surface area contributed by atoms with Gasteiger partial charge in [-0.05, 0) is 12.1 Å². The molecule has 2 aromatic carbocycles. The second kappa shape index (κ2) is 8.50. The van der Waals surface area contributed by atoms with E-state index in [1.165, 1.54) is 11.8 Å². The summed E-state index contributed by atoms with van der Waals surface area (Å²) in [5, 5.41) is 12.4. The first-order valence-corrected chi connectivity index (χ1v) is 10.1. The van der Waals surface area contributed by atoms with Crippen molar-refractivity contribution >= 4 is 34.3 Å². The second-order valence-electron chi connectivity index (χ2n) is 6.46. The molecule has 8 nitrogen and oxygen atoms in total. The predicted octanol–water partition coefficient (Wildman–Crippen LogP) is 3.98. The third-order valence-electron chi connectivity index (χ3n) is 4.54. The highest BCUT2D eigenvalue weighted by Crippen LogP contribution is 2.29. The first-order valence-electron chi connectivity index (χ1n) is 9.11. The molecule has 0 saturated carbocycles.